The van der Waals surface area contributed by atoms with Crippen molar-refractivity contribution in [2.45, 2.75) is 11.6 Å². The van der Waals surface area contributed by atoms with Gasteiger partial charge in [-0.25, -0.2) is 8.42 Å². The molecule has 0 unspecified atom stereocenters. The molecule has 2 aromatic rings. The highest BCUT2D eigenvalue weighted by atomic mass is 79.9. The zero-order valence-electron chi connectivity index (χ0n) is 13.5. The van der Waals surface area contributed by atoms with Crippen molar-refractivity contribution in [1.82, 2.24) is 19.0 Å². The lowest BCUT2D eigenvalue weighted by Gasteiger charge is -2.33. The number of hydrogen-bond acceptors (Lipinski definition) is 6. The van der Waals surface area contributed by atoms with Gasteiger partial charge in [-0.3, -0.25) is 4.90 Å². The molecule has 1 aromatic heterocycles. The highest BCUT2D eigenvalue weighted by Crippen LogP contribution is 2.23. The normalized spacial score (nSPS) is 16.7. The summed E-state index contributed by atoms with van der Waals surface area (Å²) in [6.45, 7) is 2.00. The van der Waals surface area contributed by atoms with Crippen molar-refractivity contribution in [3.8, 4) is 0 Å². The van der Waals surface area contributed by atoms with Crippen LogP contribution in [0.15, 0.2) is 39.8 Å². The van der Waals surface area contributed by atoms with Crippen molar-refractivity contribution in [3.63, 3.8) is 0 Å². The molecule has 0 amide bonds. The SMILES string of the molecule is O=[N+]([O-])c1nn(CN2CCN(S(=O)(=O)c3ccc(Cl)cc3)CC2)cc1Br. The first kappa shape index (κ1) is 19.2. The van der Waals surface area contributed by atoms with Crippen molar-refractivity contribution in [3.05, 3.63) is 50.1 Å². The van der Waals surface area contributed by atoms with Crippen LogP contribution in [0.1, 0.15) is 0 Å². The van der Waals surface area contributed by atoms with Crippen LogP contribution in [0.5, 0.6) is 0 Å². The molecule has 9 nitrogen and oxygen atoms in total. The first-order valence-corrected chi connectivity index (χ1v) is 10.2. The Labute approximate surface area is 163 Å². The van der Waals surface area contributed by atoms with Gasteiger partial charge in [0, 0.05) is 31.2 Å². The molecule has 0 atom stereocenters. The molecule has 2 heterocycles. The zero-order valence-corrected chi connectivity index (χ0v) is 16.6. The second-order valence-corrected chi connectivity index (χ2v) is 8.94. The van der Waals surface area contributed by atoms with E-state index in [0.29, 0.717) is 42.3 Å². The van der Waals surface area contributed by atoms with Gasteiger partial charge in [0.2, 0.25) is 10.0 Å². The van der Waals surface area contributed by atoms with Gasteiger partial charge >= 0.3 is 5.82 Å². The lowest BCUT2D eigenvalue weighted by atomic mass is 10.4. The van der Waals surface area contributed by atoms with Crippen LogP contribution < -0.4 is 0 Å². The maximum absolute atomic E-state index is 12.7. The maximum atomic E-state index is 12.7. The summed E-state index contributed by atoms with van der Waals surface area (Å²) in [6, 6.07) is 6.08. The molecule has 0 saturated carbocycles. The Bertz CT molecular complexity index is 910. The standard InChI is InChI=1S/C14H15BrClN5O4S/c15-13-9-19(17-14(13)21(22)23)10-18-5-7-20(8-6-18)26(24,25)12-3-1-11(16)2-4-12/h1-4,9H,5-8,10H2. The van der Waals surface area contributed by atoms with E-state index in [9.17, 15) is 18.5 Å². The Balaban J connectivity index is 1.63. The Hall–Kier alpha value is -1.53. The molecule has 0 aliphatic carbocycles. The van der Waals surface area contributed by atoms with Gasteiger partial charge in [-0.15, -0.1) is 0 Å². The quantitative estimate of drug-likeness (QED) is 0.496. The average molecular weight is 465 g/mol. The van der Waals surface area contributed by atoms with Crippen LogP contribution in [-0.4, -0.2) is 58.5 Å². The van der Waals surface area contributed by atoms with Crippen LogP contribution in [0.3, 0.4) is 0 Å². The van der Waals surface area contributed by atoms with Gasteiger partial charge in [0.05, 0.1) is 16.2 Å². The molecule has 0 radical (unpaired) electrons. The summed E-state index contributed by atoms with van der Waals surface area (Å²) < 4.78 is 28.5. The predicted molar refractivity (Wildman–Crippen MR) is 98.4 cm³/mol. The van der Waals surface area contributed by atoms with Crippen molar-refractivity contribution >= 4 is 43.4 Å². The number of nitrogens with zero attached hydrogens (tertiary/aromatic N) is 5. The van der Waals surface area contributed by atoms with Crippen molar-refractivity contribution in [2.24, 2.45) is 0 Å². The van der Waals surface area contributed by atoms with Crippen molar-refractivity contribution < 1.29 is 13.3 Å². The van der Waals surface area contributed by atoms with Crippen molar-refractivity contribution in [1.29, 1.82) is 0 Å². The number of sulfonamides is 1. The van der Waals surface area contributed by atoms with Gasteiger partial charge in [0.25, 0.3) is 0 Å². The van der Waals surface area contributed by atoms with Crippen LogP contribution in [0, 0.1) is 10.1 Å². The van der Waals surface area contributed by atoms with Gasteiger partial charge in [-0.05, 0) is 45.1 Å². The van der Waals surface area contributed by atoms with E-state index >= 15 is 0 Å². The van der Waals surface area contributed by atoms with Crippen LogP contribution in [-0.2, 0) is 16.7 Å². The van der Waals surface area contributed by atoms with Crippen molar-refractivity contribution in [2.75, 3.05) is 26.2 Å². The molecule has 1 fully saturated rings. The molecule has 1 saturated heterocycles. The first-order valence-electron chi connectivity index (χ1n) is 7.63. The molecule has 12 heteroatoms. The molecule has 140 valence electrons. The zero-order chi connectivity index (χ0) is 18.9. The van der Waals surface area contributed by atoms with E-state index in [1.807, 2.05) is 4.90 Å². The van der Waals surface area contributed by atoms with Crippen LogP contribution in [0.4, 0.5) is 5.82 Å². The largest absolute Gasteiger partial charge is 0.404 e. The molecule has 1 aromatic carbocycles. The minimum Gasteiger partial charge on any atom is -0.358 e. The van der Waals surface area contributed by atoms with E-state index < -0.39 is 14.9 Å². The summed E-state index contributed by atoms with van der Waals surface area (Å²) in [5, 5.41) is 15.2. The second-order valence-electron chi connectivity index (χ2n) is 5.71. The summed E-state index contributed by atoms with van der Waals surface area (Å²) in [6.07, 6.45) is 1.54. The highest BCUT2D eigenvalue weighted by molar-refractivity contribution is 9.10. The first-order chi connectivity index (χ1) is 12.3. The number of aromatic nitrogens is 2. The molecule has 0 bridgehead atoms. The molecular weight excluding hydrogens is 450 g/mol. The number of benzene rings is 1. The van der Waals surface area contributed by atoms with E-state index in [1.165, 1.54) is 27.3 Å². The fourth-order valence-corrected chi connectivity index (χ4v) is 4.66. The maximum Gasteiger partial charge on any atom is 0.404 e. The molecule has 0 N–H and O–H groups in total. The molecule has 3 rings (SSSR count). The van der Waals surface area contributed by atoms with Gasteiger partial charge in [-0.2, -0.15) is 8.99 Å². The summed E-state index contributed by atoms with van der Waals surface area (Å²) in [5.74, 6) is -0.242. The highest BCUT2D eigenvalue weighted by Gasteiger charge is 2.29. The van der Waals surface area contributed by atoms with Gasteiger partial charge < -0.3 is 10.1 Å². The lowest BCUT2D eigenvalue weighted by Crippen LogP contribution is -2.48. The Morgan fingerprint density at radius 3 is 2.35 bits per heavy atom. The summed E-state index contributed by atoms with van der Waals surface area (Å²) in [7, 11) is -3.56. The molecular formula is C14H15BrClN5O4S. The Morgan fingerprint density at radius 1 is 1.19 bits per heavy atom. The summed E-state index contributed by atoms with van der Waals surface area (Å²) in [4.78, 5) is 12.5. The average Bonchev–Trinajstić information content (AvgIpc) is 2.96. The van der Waals surface area contributed by atoms with E-state index in [0.717, 1.165) is 0 Å². The van der Waals surface area contributed by atoms with E-state index in [-0.39, 0.29) is 10.7 Å². The number of hydrogen-bond donors (Lipinski definition) is 0. The summed E-state index contributed by atoms with van der Waals surface area (Å²) >= 11 is 8.92. The van der Waals surface area contributed by atoms with E-state index in [2.05, 4.69) is 21.0 Å². The smallest absolute Gasteiger partial charge is 0.358 e. The molecule has 0 spiro atoms. The summed E-state index contributed by atoms with van der Waals surface area (Å²) in [5.41, 5.74) is 0. The van der Waals surface area contributed by atoms with E-state index in [4.69, 9.17) is 11.6 Å². The lowest BCUT2D eigenvalue weighted by molar-refractivity contribution is -0.390. The van der Waals surface area contributed by atoms with Crippen LogP contribution >= 0.6 is 27.5 Å². The monoisotopic (exact) mass is 463 g/mol. The molecule has 1 aliphatic heterocycles. The number of rotatable bonds is 5. The topological polar surface area (TPSA) is 102 Å². The third-order valence-corrected chi connectivity index (χ3v) is 6.72. The predicted octanol–water partition coefficient (Wildman–Crippen LogP) is 2.17. The minimum absolute atomic E-state index is 0.210. The molecule has 1 aliphatic rings. The fourth-order valence-electron chi connectivity index (χ4n) is 2.65. The Kier molecular flexibility index (Phi) is 5.63. The van der Waals surface area contributed by atoms with Crippen LogP contribution in [0.25, 0.3) is 0 Å². The number of halogens is 2. The molecule has 26 heavy (non-hydrogen) atoms. The van der Waals surface area contributed by atoms with Crippen LogP contribution in [0.2, 0.25) is 5.02 Å². The number of nitro groups is 1. The Morgan fingerprint density at radius 2 is 1.81 bits per heavy atom. The third kappa shape index (κ3) is 4.07. The third-order valence-electron chi connectivity index (χ3n) is 4.00. The van der Waals surface area contributed by atoms with Gasteiger partial charge in [0.15, 0.2) is 0 Å². The van der Waals surface area contributed by atoms with Gasteiger partial charge in [-0.1, -0.05) is 11.6 Å². The minimum atomic E-state index is -3.56. The van der Waals surface area contributed by atoms with E-state index in [1.54, 1.807) is 12.1 Å². The fraction of sp³-hybridized carbons (Fsp3) is 0.357. The van der Waals surface area contributed by atoms with Gasteiger partial charge in [0.1, 0.15) is 11.1 Å². The number of piperazine rings is 1. The second kappa shape index (κ2) is 7.61.